The van der Waals surface area contributed by atoms with Crippen molar-refractivity contribution in [2.24, 2.45) is 0 Å². The molecule has 0 spiro atoms. The van der Waals surface area contributed by atoms with E-state index in [4.69, 9.17) is 11.6 Å². The Bertz CT molecular complexity index is 966. The fourth-order valence-electron chi connectivity index (χ4n) is 3.26. The Morgan fingerprint density at radius 3 is 2.50 bits per heavy atom. The average molecular weight is 411 g/mol. The molecule has 3 rings (SSSR count). The molecule has 0 fully saturated rings. The van der Waals surface area contributed by atoms with Crippen molar-refractivity contribution >= 4 is 22.8 Å². The van der Waals surface area contributed by atoms with Crippen LogP contribution in [0.3, 0.4) is 0 Å². The topological polar surface area (TPSA) is 43.6 Å². The van der Waals surface area contributed by atoms with Crippen LogP contribution in [0.5, 0.6) is 0 Å². The van der Waals surface area contributed by atoms with E-state index >= 15 is 0 Å². The van der Waals surface area contributed by atoms with E-state index in [1.165, 1.54) is 18.8 Å². The van der Waals surface area contributed by atoms with Gasteiger partial charge in [0.25, 0.3) is 0 Å². The number of nitrogens with zero attached hydrogens (tertiary/aromatic N) is 4. The van der Waals surface area contributed by atoms with Gasteiger partial charge in [-0.05, 0) is 18.6 Å². The van der Waals surface area contributed by atoms with Gasteiger partial charge in [0, 0.05) is 18.5 Å². The van der Waals surface area contributed by atoms with Crippen molar-refractivity contribution in [2.75, 3.05) is 0 Å². The van der Waals surface area contributed by atoms with Crippen LogP contribution in [0, 0.1) is 0 Å². The molecule has 0 atom stereocenters. The number of benzene rings is 1. The van der Waals surface area contributed by atoms with Gasteiger partial charge in [0.05, 0.1) is 10.6 Å². The van der Waals surface area contributed by atoms with Crippen LogP contribution in [-0.2, 0) is 19.1 Å². The minimum Gasteiger partial charge on any atom is -0.313 e. The van der Waals surface area contributed by atoms with Gasteiger partial charge in [0.1, 0.15) is 23.4 Å². The van der Waals surface area contributed by atoms with Crippen LogP contribution in [0.1, 0.15) is 50.9 Å². The monoisotopic (exact) mass is 410 g/mol. The van der Waals surface area contributed by atoms with Crippen molar-refractivity contribution < 1.29 is 13.2 Å². The van der Waals surface area contributed by atoms with Crippen molar-refractivity contribution in [2.45, 2.75) is 58.7 Å². The average Bonchev–Trinajstić information content (AvgIpc) is 3.02. The molecule has 0 radical (unpaired) electrons. The van der Waals surface area contributed by atoms with E-state index in [1.807, 2.05) is 6.92 Å². The molecule has 0 aliphatic heterocycles. The van der Waals surface area contributed by atoms with Crippen molar-refractivity contribution in [3.8, 4) is 11.3 Å². The Morgan fingerprint density at radius 1 is 1.07 bits per heavy atom. The zero-order chi connectivity index (χ0) is 20.3. The highest BCUT2D eigenvalue weighted by Gasteiger charge is 2.31. The smallest absolute Gasteiger partial charge is 0.313 e. The Hall–Kier alpha value is -2.15. The van der Waals surface area contributed by atoms with Crippen LogP contribution >= 0.6 is 11.6 Å². The first-order chi connectivity index (χ1) is 13.4. The summed E-state index contributed by atoms with van der Waals surface area (Å²) in [6.45, 7) is 4.98. The summed E-state index contributed by atoms with van der Waals surface area (Å²) in [5.74, 6) is 0.885. The third kappa shape index (κ3) is 4.14. The molecular formula is C20H22ClF3N4. The zero-order valence-electron chi connectivity index (χ0n) is 15.9. The maximum atomic E-state index is 12.9. The zero-order valence-corrected chi connectivity index (χ0v) is 16.6. The number of halogens is 4. The SMILES string of the molecule is CCCCCCn1c(CC)nc2c(-c3ccc(C(F)(F)F)cc3Cl)ncnc21. The first-order valence-corrected chi connectivity index (χ1v) is 9.81. The normalized spacial score (nSPS) is 12.1. The van der Waals surface area contributed by atoms with Crippen LogP contribution in [0.2, 0.25) is 5.02 Å². The summed E-state index contributed by atoms with van der Waals surface area (Å²) in [7, 11) is 0. The van der Waals surface area contributed by atoms with E-state index in [0.717, 1.165) is 50.2 Å². The van der Waals surface area contributed by atoms with Crippen LogP contribution in [0.4, 0.5) is 13.2 Å². The molecule has 0 aliphatic carbocycles. The number of aryl methyl sites for hydroxylation is 2. The van der Waals surface area contributed by atoms with Gasteiger partial charge in [-0.1, -0.05) is 50.8 Å². The van der Waals surface area contributed by atoms with Gasteiger partial charge in [-0.25, -0.2) is 15.0 Å². The van der Waals surface area contributed by atoms with Gasteiger partial charge in [0.15, 0.2) is 5.65 Å². The second kappa shape index (κ2) is 8.47. The molecule has 3 aromatic rings. The molecule has 1 aromatic carbocycles. The van der Waals surface area contributed by atoms with Gasteiger partial charge in [-0.2, -0.15) is 13.2 Å². The molecule has 0 aliphatic rings. The second-order valence-electron chi connectivity index (χ2n) is 6.68. The van der Waals surface area contributed by atoms with E-state index < -0.39 is 11.7 Å². The van der Waals surface area contributed by atoms with Crippen molar-refractivity contribution in [3.05, 3.63) is 40.9 Å². The molecule has 150 valence electrons. The Balaban J connectivity index is 2.05. The Kier molecular flexibility index (Phi) is 6.23. The number of fused-ring (bicyclic) bond motifs is 1. The molecule has 2 aromatic heterocycles. The summed E-state index contributed by atoms with van der Waals surface area (Å²) in [6.07, 6.45) is 2.17. The maximum absolute atomic E-state index is 12.9. The molecule has 0 amide bonds. The number of aromatic nitrogens is 4. The third-order valence-electron chi connectivity index (χ3n) is 4.71. The van der Waals surface area contributed by atoms with Gasteiger partial charge in [-0.15, -0.1) is 0 Å². The minimum absolute atomic E-state index is 0.00892. The lowest BCUT2D eigenvalue weighted by molar-refractivity contribution is -0.137. The summed E-state index contributed by atoms with van der Waals surface area (Å²) >= 11 is 6.17. The fraction of sp³-hybridized carbons (Fsp3) is 0.450. The highest BCUT2D eigenvalue weighted by atomic mass is 35.5. The highest BCUT2D eigenvalue weighted by Crippen LogP contribution is 2.36. The number of unbranched alkanes of at least 4 members (excludes halogenated alkanes) is 3. The number of imidazole rings is 1. The largest absolute Gasteiger partial charge is 0.416 e. The van der Waals surface area contributed by atoms with Gasteiger partial charge >= 0.3 is 6.18 Å². The third-order valence-corrected chi connectivity index (χ3v) is 5.03. The Morgan fingerprint density at radius 2 is 1.86 bits per heavy atom. The summed E-state index contributed by atoms with van der Waals surface area (Å²) in [4.78, 5) is 13.3. The van der Waals surface area contributed by atoms with E-state index in [2.05, 4.69) is 26.4 Å². The molecule has 8 heteroatoms. The lowest BCUT2D eigenvalue weighted by atomic mass is 10.1. The Labute approximate surface area is 166 Å². The predicted octanol–water partition coefficient (Wildman–Crippen LogP) is 6.31. The van der Waals surface area contributed by atoms with Crippen LogP contribution in [-0.4, -0.2) is 19.5 Å². The molecule has 0 saturated carbocycles. The molecule has 0 bridgehead atoms. The molecule has 0 N–H and O–H groups in total. The van der Waals surface area contributed by atoms with Crippen LogP contribution in [0.25, 0.3) is 22.4 Å². The van der Waals surface area contributed by atoms with Crippen molar-refractivity contribution in [1.29, 1.82) is 0 Å². The number of alkyl halides is 3. The van der Waals surface area contributed by atoms with Gasteiger partial charge in [0.2, 0.25) is 0 Å². The first kappa shape index (κ1) is 20.6. The molecule has 2 heterocycles. The number of hydrogen-bond donors (Lipinski definition) is 0. The minimum atomic E-state index is -4.45. The van der Waals surface area contributed by atoms with Crippen molar-refractivity contribution in [3.63, 3.8) is 0 Å². The quantitative estimate of drug-likeness (QED) is 0.429. The fourth-order valence-corrected chi connectivity index (χ4v) is 3.53. The standard InChI is InChI=1S/C20H22ClF3N4/c1-3-5-6-7-10-28-16(4-2)27-18-17(25-12-26-19(18)28)14-9-8-13(11-15(14)21)20(22,23)24/h8-9,11-12H,3-7,10H2,1-2H3. The molecule has 0 unspecified atom stereocenters. The van der Waals surface area contributed by atoms with E-state index in [0.29, 0.717) is 22.4 Å². The van der Waals surface area contributed by atoms with Crippen molar-refractivity contribution in [1.82, 2.24) is 19.5 Å². The number of hydrogen-bond acceptors (Lipinski definition) is 3. The summed E-state index contributed by atoms with van der Waals surface area (Å²) in [6, 6.07) is 3.28. The summed E-state index contributed by atoms with van der Waals surface area (Å²) in [5, 5.41) is -0.00892. The van der Waals surface area contributed by atoms with E-state index in [1.54, 1.807) is 0 Å². The van der Waals surface area contributed by atoms with Gasteiger partial charge < -0.3 is 4.57 Å². The lowest BCUT2D eigenvalue weighted by Crippen LogP contribution is -2.05. The van der Waals surface area contributed by atoms with Crippen LogP contribution < -0.4 is 0 Å². The lowest BCUT2D eigenvalue weighted by Gasteiger charge is -2.10. The highest BCUT2D eigenvalue weighted by molar-refractivity contribution is 6.33. The number of rotatable bonds is 7. The van der Waals surface area contributed by atoms with Gasteiger partial charge in [-0.3, -0.25) is 0 Å². The summed E-state index contributed by atoms with van der Waals surface area (Å²) < 4.78 is 40.9. The molecule has 28 heavy (non-hydrogen) atoms. The first-order valence-electron chi connectivity index (χ1n) is 9.44. The second-order valence-corrected chi connectivity index (χ2v) is 7.09. The predicted molar refractivity (Wildman–Crippen MR) is 104 cm³/mol. The maximum Gasteiger partial charge on any atom is 0.416 e. The van der Waals surface area contributed by atoms with Crippen LogP contribution in [0.15, 0.2) is 24.5 Å². The molecule has 4 nitrogen and oxygen atoms in total. The van der Waals surface area contributed by atoms with E-state index in [-0.39, 0.29) is 5.02 Å². The molecular weight excluding hydrogens is 389 g/mol. The summed E-state index contributed by atoms with van der Waals surface area (Å²) in [5.41, 5.74) is 1.33. The van der Waals surface area contributed by atoms with E-state index in [9.17, 15) is 13.2 Å². The molecule has 0 saturated heterocycles.